The van der Waals surface area contributed by atoms with Crippen LogP contribution < -0.4 is 11.1 Å². The van der Waals surface area contributed by atoms with E-state index in [9.17, 15) is 4.79 Å². The first-order valence-corrected chi connectivity index (χ1v) is 6.71. The number of aryl methyl sites for hydroxylation is 1. The summed E-state index contributed by atoms with van der Waals surface area (Å²) in [6, 6.07) is 1.81. The van der Waals surface area contributed by atoms with Gasteiger partial charge < -0.3 is 11.1 Å². The minimum atomic E-state index is -0.114. The Morgan fingerprint density at radius 3 is 2.83 bits per heavy atom. The largest absolute Gasteiger partial charge is 0.346 e. The van der Waals surface area contributed by atoms with E-state index in [1.165, 1.54) is 32.1 Å². The first kappa shape index (κ1) is 13.1. The summed E-state index contributed by atoms with van der Waals surface area (Å²) in [5, 5.41) is 7.13. The van der Waals surface area contributed by atoms with Gasteiger partial charge in [-0.1, -0.05) is 19.3 Å². The number of rotatable bonds is 4. The van der Waals surface area contributed by atoms with Gasteiger partial charge in [-0.25, -0.2) is 0 Å². The van der Waals surface area contributed by atoms with Crippen molar-refractivity contribution >= 4 is 5.91 Å². The third-order valence-corrected chi connectivity index (χ3v) is 3.74. The molecule has 0 aromatic carbocycles. The van der Waals surface area contributed by atoms with Crippen molar-refractivity contribution in [2.45, 2.75) is 38.1 Å². The molecule has 0 radical (unpaired) electrons. The highest BCUT2D eigenvalue weighted by atomic mass is 16.2. The number of nitrogens with two attached hydrogens (primary N) is 1. The van der Waals surface area contributed by atoms with Crippen molar-refractivity contribution in [2.75, 3.05) is 6.54 Å². The van der Waals surface area contributed by atoms with E-state index in [0.717, 1.165) is 0 Å². The molecule has 1 amide bonds. The Bertz CT molecular complexity index is 395. The highest BCUT2D eigenvalue weighted by Crippen LogP contribution is 2.26. The molecule has 1 aliphatic rings. The second kappa shape index (κ2) is 6.00. The second-order valence-corrected chi connectivity index (χ2v) is 5.09. The van der Waals surface area contributed by atoms with Gasteiger partial charge in [0.2, 0.25) is 0 Å². The molecular formula is C13H22N4O. The summed E-state index contributed by atoms with van der Waals surface area (Å²) in [4.78, 5) is 12.0. The molecule has 1 unspecified atom stereocenters. The lowest BCUT2D eigenvalue weighted by Crippen LogP contribution is -2.46. The molecule has 1 aromatic rings. The van der Waals surface area contributed by atoms with Crippen LogP contribution in [0.3, 0.4) is 0 Å². The zero-order chi connectivity index (χ0) is 13.0. The number of hydrogen-bond acceptors (Lipinski definition) is 3. The van der Waals surface area contributed by atoms with Crippen molar-refractivity contribution in [3.05, 3.63) is 18.0 Å². The van der Waals surface area contributed by atoms with Gasteiger partial charge in [-0.3, -0.25) is 9.48 Å². The molecule has 1 aromatic heterocycles. The standard InChI is InChI=1S/C13H22N4O/c1-17-8-7-11(16-17)13(18)15-12(9-14)10-5-3-2-4-6-10/h7-8,10,12H,2-6,9,14H2,1H3,(H,15,18). The molecule has 0 spiro atoms. The van der Waals surface area contributed by atoms with Gasteiger partial charge in [-0.15, -0.1) is 0 Å². The Labute approximate surface area is 108 Å². The van der Waals surface area contributed by atoms with Gasteiger partial charge in [0, 0.05) is 25.8 Å². The number of hydrogen-bond donors (Lipinski definition) is 2. The molecule has 5 heteroatoms. The zero-order valence-electron chi connectivity index (χ0n) is 10.9. The third kappa shape index (κ3) is 3.10. The maximum absolute atomic E-state index is 12.0. The molecule has 2 rings (SSSR count). The van der Waals surface area contributed by atoms with E-state index in [1.807, 2.05) is 0 Å². The van der Waals surface area contributed by atoms with Crippen LogP contribution in [0.2, 0.25) is 0 Å². The first-order valence-electron chi connectivity index (χ1n) is 6.71. The van der Waals surface area contributed by atoms with Gasteiger partial charge in [0.05, 0.1) is 0 Å². The van der Waals surface area contributed by atoms with E-state index in [4.69, 9.17) is 5.73 Å². The average Bonchev–Trinajstić information content (AvgIpc) is 2.83. The molecule has 0 bridgehead atoms. The molecule has 1 saturated carbocycles. The molecule has 5 nitrogen and oxygen atoms in total. The van der Waals surface area contributed by atoms with E-state index in [2.05, 4.69) is 10.4 Å². The zero-order valence-corrected chi connectivity index (χ0v) is 10.9. The molecule has 1 atom stereocenters. The van der Waals surface area contributed by atoms with Gasteiger partial charge in [0.25, 0.3) is 5.91 Å². The van der Waals surface area contributed by atoms with Crippen LogP contribution in [-0.2, 0) is 7.05 Å². The highest BCUT2D eigenvalue weighted by Gasteiger charge is 2.24. The van der Waals surface area contributed by atoms with E-state index >= 15 is 0 Å². The minimum absolute atomic E-state index is 0.0832. The predicted octanol–water partition coefficient (Wildman–Crippen LogP) is 1.06. The normalized spacial score (nSPS) is 18.6. The number of nitrogens with one attached hydrogen (secondary N) is 1. The van der Waals surface area contributed by atoms with E-state index in [0.29, 0.717) is 18.2 Å². The third-order valence-electron chi connectivity index (χ3n) is 3.74. The molecule has 1 heterocycles. The summed E-state index contributed by atoms with van der Waals surface area (Å²) < 4.78 is 1.63. The van der Waals surface area contributed by atoms with Crippen LogP contribution in [0.15, 0.2) is 12.3 Å². The van der Waals surface area contributed by atoms with Crippen molar-refractivity contribution < 1.29 is 4.79 Å². The Kier molecular flexibility index (Phi) is 4.36. The van der Waals surface area contributed by atoms with Crippen molar-refractivity contribution in [2.24, 2.45) is 18.7 Å². The Hall–Kier alpha value is -1.36. The van der Waals surface area contributed by atoms with Crippen LogP contribution >= 0.6 is 0 Å². The monoisotopic (exact) mass is 250 g/mol. The molecule has 100 valence electrons. The maximum Gasteiger partial charge on any atom is 0.272 e. The van der Waals surface area contributed by atoms with Crippen LogP contribution in [0.1, 0.15) is 42.6 Å². The van der Waals surface area contributed by atoms with Crippen molar-refractivity contribution in [3.63, 3.8) is 0 Å². The van der Waals surface area contributed by atoms with Crippen LogP contribution in [-0.4, -0.2) is 28.3 Å². The minimum Gasteiger partial charge on any atom is -0.346 e. The number of carbonyl (C=O) groups excluding carboxylic acids is 1. The van der Waals surface area contributed by atoms with Crippen molar-refractivity contribution in [3.8, 4) is 0 Å². The summed E-state index contributed by atoms with van der Waals surface area (Å²) in [7, 11) is 1.80. The Morgan fingerprint density at radius 1 is 1.56 bits per heavy atom. The van der Waals surface area contributed by atoms with E-state index in [1.54, 1.807) is 24.0 Å². The van der Waals surface area contributed by atoms with Crippen LogP contribution in [0.25, 0.3) is 0 Å². The number of amides is 1. The smallest absolute Gasteiger partial charge is 0.272 e. The number of nitrogens with zero attached hydrogens (tertiary/aromatic N) is 2. The van der Waals surface area contributed by atoms with Crippen LogP contribution in [0, 0.1) is 5.92 Å². The molecular weight excluding hydrogens is 228 g/mol. The van der Waals surface area contributed by atoms with Crippen LogP contribution in [0.5, 0.6) is 0 Å². The van der Waals surface area contributed by atoms with Crippen LogP contribution in [0.4, 0.5) is 0 Å². The molecule has 0 aliphatic heterocycles. The lowest BCUT2D eigenvalue weighted by atomic mass is 9.84. The summed E-state index contributed by atoms with van der Waals surface area (Å²) >= 11 is 0. The highest BCUT2D eigenvalue weighted by molar-refractivity contribution is 5.92. The van der Waals surface area contributed by atoms with Crippen molar-refractivity contribution in [1.29, 1.82) is 0 Å². The van der Waals surface area contributed by atoms with Gasteiger partial charge in [0.15, 0.2) is 0 Å². The van der Waals surface area contributed by atoms with Gasteiger partial charge in [-0.2, -0.15) is 5.10 Å². The summed E-state index contributed by atoms with van der Waals surface area (Å²) in [6.07, 6.45) is 7.92. The lowest BCUT2D eigenvalue weighted by Gasteiger charge is -2.29. The lowest BCUT2D eigenvalue weighted by molar-refractivity contribution is 0.0909. The summed E-state index contributed by atoms with van der Waals surface area (Å²) in [5.74, 6) is 0.410. The molecule has 0 saturated heterocycles. The first-order chi connectivity index (χ1) is 8.70. The van der Waals surface area contributed by atoms with Gasteiger partial charge in [0.1, 0.15) is 5.69 Å². The fourth-order valence-corrected chi connectivity index (χ4v) is 2.68. The molecule has 3 N–H and O–H groups in total. The SMILES string of the molecule is Cn1ccc(C(=O)NC(CN)C2CCCCC2)n1. The second-order valence-electron chi connectivity index (χ2n) is 5.09. The molecule has 18 heavy (non-hydrogen) atoms. The van der Waals surface area contributed by atoms with Gasteiger partial charge >= 0.3 is 0 Å². The van der Waals surface area contributed by atoms with E-state index in [-0.39, 0.29) is 11.9 Å². The molecule has 1 aliphatic carbocycles. The number of carbonyl (C=O) groups is 1. The topological polar surface area (TPSA) is 72.9 Å². The Balaban J connectivity index is 1.95. The number of aromatic nitrogens is 2. The van der Waals surface area contributed by atoms with Crippen molar-refractivity contribution in [1.82, 2.24) is 15.1 Å². The van der Waals surface area contributed by atoms with E-state index < -0.39 is 0 Å². The molecule has 1 fully saturated rings. The summed E-state index contributed by atoms with van der Waals surface area (Å²) in [5.41, 5.74) is 6.26. The Morgan fingerprint density at radius 2 is 2.28 bits per heavy atom. The predicted molar refractivity (Wildman–Crippen MR) is 70.1 cm³/mol. The average molecular weight is 250 g/mol. The quantitative estimate of drug-likeness (QED) is 0.839. The fourth-order valence-electron chi connectivity index (χ4n) is 2.68. The van der Waals surface area contributed by atoms with Gasteiger partial charge in [-0.05, 0) is 24.8 Å². The maximum atomic E-state index is 12.0. The fraction of sp³-hybridized carbons (Fsp3) is 0.692. The summed E-state index contributed by atoms with van der Waals surface area (Å²) in [6.45, 7) is 0.503.